The molecule has 1 saturated heterocycles. The molecule has 1 aromatic carbocycles. The van der Waals surface area contributed by atoms with E-state index in [-0.39, 0.29) is 29.9 Å². The highest BCUT2D eigenvalue weighted by atomic mass is 35.5. The van der Waals surface area contributed by atoms with Gasteiger partial charge in [-0.3, -0.25) is 9.59 Å². The number of nitrogens with zero attached hydrogens (tertiary/aromatic N) is 2. The van der Waals surface area contributed by atoms with Crippen molar-refractivity contribution in [2.45, 2.75) is 51.0 Å². The Balaban J connectivity index is 1.83. The van der Waals surface area contributed by atoms with Crippen LogP contribution in [0.4, 0.5) is 4.39 Å². The molecule has 0 aliphatic carbocycles. The first kappa shape index (κ1) is 21.6. The second-order valence-corrected chi connectivity index (χ2v) is 7.41. The minimum atomic E-state index is -0.501. The fourth-order valence-electron chi connectivity index (χ4n) is 3.36. The zero-order valence-corrected chi connectivity index (χ0v) is 16.6. The number of carbonyl (C=O) groups excluding carboxylic acids is 2. The predicted molar refractivity (Wildman–Crippen MR) is 103 cm³/mol. The van der Waals surface area contributed by atoms with Crippen LogP contribution < -0.4 is 0 Å². The standard InChI is InChI=1S/C20H28ClFN2O3/c1-23(18(26)10-8-15-6-5-7-17(22)20(15)21)16(14-25)9-11-19(27)24-12-3-2-4-13-24/h5-7,16,25H,2-4,8-14H2,1H3/t16-/m0/s1. The highest BCUT2D eigenvalue weighted by Gasteiger charge is 2.23. The number of benzene rings is 1. The van der Waals surface area contributed by atoms with Crippen LogP contribution in [0.1, 0.15) is 44.1 Å². The molecule has 1 aromatic rings. The Kier molecular flexibility index (Phi) is 8.51. The maximum atomic E-state index is 13.5. The van der Waals surface area contributed by atoms with Gasteiger partial charge in [0, 0.05) is 33.0 Å². The summed E-state index contributed by atoms with van der Waals surface area (Å²) in [6, 6.07) is 4.13. The van der Waals surface area contributed by atoms with Crippen molar-refractivity contribution in [1.82, 2.24) is 9.80 Å². The molecule has 0 radical (unpaired) electrons. The van der Waals surface area contributed by atoms with E-state index < -0.39 is 11.9 Å². The number of likely N-dealkylation sites (N-methyl/N-ethyl adjacent to an activating group) is 1. The Morgan fingerprint density at radius 2 is 1.96 bits per heavy atom. The monoisotopic (exact) mass is 398 g/mol. The largest absolute Gasteiger partial charge is 0.394 e. The molecular formula is C20H28ClFN2O3. The smallest absolute Gasteiger partial charge is 0.222 e. The first-order chi connectivity index (χ1) is 12.9. The number of amides is 2. The van der Waals surface area contributed by atoms with Crippen LogP contribution >= 0.6 is 11.6 Å². The number of carbonyl (C=O) groups is 2. The number of halogens is 2. The molecule has 0 aromatic heterocycles. The van der Waals surface area contributed by atoms with E-state index in [2.05, 4.69) is 0 Å². The van der Waals surface area contributed by atoms with E-state index in [0.717, 1.165) is 32.4 Å². The van der Waals surface area contributed by atoms with E-state index in [1.54, 1.807) is 19.2 Å². The molecule has 0 unspecified atom stereocenters. The molecule has 1 N–H and O–H groups in total. The second kappa shape index (κ2) is 10.6. The normalized spacial score (nSPS) is 15.5. The Hall–Kier alpha value is -1.66. The molecule has 1 heterocycles. The fraction of sp³-hybridized carbons (Fsp3) is 0.600. The van der Waals surface area contributed by atoms with Gasteiger partial charge in [0.25, 0.3) is 0 Å². The van der Waals surface area contributed by atoms with Crippen molar-refractivity contribution in [1.29, 1.82) is 0 Å². The van der Waals surface area contributed by atoms with Crippen LogP contribution in [0, 0.1) is 5.82 Å². The van der Waals surface area contributed by atoms with Crippen LogP contribution in [0.3, 0.4) is 0 Å². The highest BCUT2D eigenvalue weighted by molar-refractivity contribution is 6.31. The molecule has 150 valence electrons. The number of likely N-dealkylation sites (tertiary alicyclic amines) is 1. The lowest BCUT2D eigenvalue weighted by atomic mass is 10.1. The van der Waals surface area contributed by atoms with Gasteiger partial charge in [-0.15, -0.1) is 0 Å². The summed E-state index contributed by atoms with van der Waals surface area (Å²) in [5.74, 6) is -0.584. The molecule has 0 bridgehead atoms. The molecule has 0 spiro atoms. The van der Waals surface area contributed by atoms with E-state index in [1.807, 2.05) is 4.90 Å². The minimum absolute atomic E-state index is 0.0405. The average Bonchev–Trinajstić information content (AvgIpc) is 2.69. The molecule has 5 nitrogen and oxygen atoms in total. The summed E-state index contributed by atoms with van der Waals surface area (Å²) in [4.78, 5) is 28.1. The highest BCUT2D eigenvalue weighted by Crippen LogP contribution is 2.21. The van der Waals surface area contributed by atoms with Gasteiger partial charge >= 0.3 is 0 Å². The number of rotatable bonds is 8. The summed E-state index contributed by atoms with van der Waals surface area (Å²) in [5.41, 5.74) is 0.583. The molecule has 1 fully saturated rings. The van der Waals surface area contributed by atoms with Gasteiger partial charge in [-0.05, 0) is 43.7 Å². The van der Waals surface area contributed by atoms with Gasteiger partial charge in [0.05, 0.1) is 17.7 Å². The van der Waals surface area contributed by atoms with Crippen molar-refractivity contribution in [3.8, 4) is 0 Å². The summed E-state index contributed by atoms with van der Waals surface area (Å²) in [7, 11) is 1.63. The van der Waals surface area contributed by atoms with Crippen LogP contribution in [0.5, 0.6) is 0 Å². The lowest BCUT2D eigenvalue weighted by Gasteiger charge is -2.29. The van der Waals surface area contributed by atoms with Crippen molar-refractivity contribution in [3.05, 3.63) is 34.6 Å². The summed E-state index contributed by atoms with van der Waals surface area (Å²) in [6.45, 7) is 1.40. The van der Waals surface area contributed by atoms with E-state index in [4.69, 9.17) is 11.6 Å². The third-order valence-corrected chi connectivity index (χ3v) is 5.62. The maximum absolute atomic E-state index is 13.5. The van der Waals surface area contributed by atoms with Crippen LogP contribution in [0.25, 0.3) is 0 Å². The molecule has 1 aliphatic rings. The number of hydrogen-bond acceptors (Lipinski definition) is 3. The summed E-state index contributed by atoms with van der Waals surface area (Å²) in [6.07, 6.45) is 4.47. The van der Waals surface area contributed by atoms with Crippen molar-refractivity contribution < 1.29 is 19.1 Å². The van der Waals surface area contributed by atoms with Crippen molar-refractivity contribution in [3.63, 3.8) is 0 Å². The van der Waals surface area contributed by atoms with Crippen molar-refractivity contribution >= 4 is 23.4 Å². The third kappa shape index (κ3) is 6.18. The molecule has 2 rings (SSSR count). The van der Waals surface area contributed by atoms with Gasteiger partial charge in [-0.1, -0.05) is 23.7 Å². The fourth-order valence-corrected chi connectivity index (χ4v) is 3.58. The average molecular weight is 399 g/mol. The zero-order chi connectivity index (χ0) is 19.8. The molecule has 27 heavy (non-hydrogen) atoms. The minimum Gasteiger partial charge on any atom is -0.394 e. The third-order valence-electron chi connectivity index (χ3n) is 5.19. The number of aliphatic hydroxyl groups is 1. The van der Waals surface area contributed by atoms with Crippen LogP contribution in [-0.4, -0.2) is 59.5 Å². The van der Waals surface area contributed by atoms with Gasteiger partial charge < -0.3 is 14.9 Å². The van der Waals surface area contributed by atoms with Crippen LogP contribution in [-0.2, 0) is 16.0 Å². The Bertz CT molecular complexity index is 650. The quantitative estimate of drug-likeness (QED) is 0.732. The molecule has 1 atom stereocenters. The molecule has 1 aliphatic heterocycles. The maximum Gasteiger partial charge on any atom is 0.222 e. The van der Waals surface area contributed by atoms with E-state index >= 15 is 0 Å². The first-order valence-corrected chi connectivity index (χ1v) is 9.89. The lowest BCUT2D eigenvalue weighted by Crippen LogP contribution is -2.41. The van der Waals surface area contributed by atoms with Gasteiger partial charge in [-0.2, -0.15) is 0 Å². The second-order valence-electron chi connectivity index (χ2n) is 7.03. The summed E-state index contributed by atoms with van der Waals surface area (Å²) in [5, 5.41) is 9.69. The Labute approximate surface area is 165 Å². The SMILES string of the molecule is CN(C(=O)CCc1cccc(F)c1Cl)[C@H](CO)CCC(=O)N1CCCCC1. The zero-order valence-electron chi connectivity index (χ0n) is 15.8. The van der Waals surface area contributed by atoms with Crippen molar-refractivity contribution in [2.75, 3.05) is 26.7 Å². The molecule has 0 saturated carbocycles. The van der Waals surface area contributed by atoms with Gasteiger partial charge in [0.1, 0.15) is 5.82 Å². The van der Waals surface area contributed by atoms with Crippen LogP contribution in [0.15, 0.2) is 18.2 Å². The van der Waals surface area contributed by atoms with Gasteiger partial charge in [0.2, 0.25) is 11.8 Å². The van der Waals surface area contributed by atoms with Crippen LogP contribution in [0.2, 0.25) is 5.02 Å². The number of piperidine rings is 1. The topological polar surface area (TPSA) is 60.9 Å². The van der Waals surface area contributed by atoms with E-state index in [9.17, 15) is 19.1 Å². The molecule has 7 heteroatoms. The van der Waals surface area contributed by atoms with E-state index in [1.165, 1.54) is 11.0 Å². The predicted octanol–water partition coefficient (Wildman–Crippen LogP) is 3.02. The number of hydrogen-bond donors (Lipinski definition) is 1. The first-order valence-electron chi connectivity index (χ1n) is 9.51. The van der Waals surface area contributed by atoms with Crippen molar-refractivity contribution in [2.24, 2.45) is 0 Å². The number of aliphatic hydroxyl groups excluding tert-OH is 1. The van der Waals surface area contributed by atoms with E-state index in [0.29, 0.717) is 24.8 Å². The molecular weight excluding hydrogens is 371 g/mol. The summed E-state index contributed by atoms with van der Waals surface area (Å²) < 4.78 is 13.5. The molecule has 2 amide bonds. The van der Waals surface area contributed by atoms with Gasteiger partial charge in [-0.25, -0.2) is 4.39 Å². The number of aryl methyl sites for hydroxylation is 1. The van der Waals surface area contributed by atoms with Gasteiger partial charge in [0.15, 0.2) is 0 Å². The Morgan fingerprint density at radius 3 is 2.63 bits per heavy atom. The Morgan fingerprint density at radius 1 is 1.26 bits per heavy atom. The lowest BCUT2D eigenvalue weighted by molar-refractivity contribution is -0.136. The summed E-state index contributed by atoms with van der Waals surface area (Å²) >= 11 is 5.92.